The van der Waals surface area contributed by atoms with Crippen LogP contribution in [0.25, 0.3) is 0 Å². The van der Waals surface area contributed by atoms with Crippen LogP contribution in [0.4, 0.5) is 0 Å². The Morgan fingerprint density at radius 1 is 0.471 bits per heavy atom. The van der Waals surface area contributed by atoms with Gasteiger partial charge in [0.25, 0.3) is 0 Å². The van der Waals surface area contributed by atoms with Crippen LogP contribution in [-0.4, -0.2) is 64.2 Å². The first-order valence-corrected chi connectivity index (χ1v) is 15.1. The second-order valence-electron chi connectivity index (χ2n) is 10.3. The van der Waals surface area contributed by atoms with Crippen molar-refractivity contribution >= 4 is 0 Å². The van der Waals surface area contributed by atoms with Gasteiger partial charge in [0, 0.05) is 39.5 Å². The average Bonchev–Trinajstić information content (AvgIpc) is 2.86. The van der Waals surface area contributed by atoms with E-state index in [1.165, 1.54) is 77.0 Å². The maximum atomic E-state index is 6.10. The van der Waals surface area contributed by atoms with Crippen molar-refractivity contribution < 1.29 is 14.2 Å². The molecule has 0 aromatic carbocycles. The first-order valence-electron chi connectivity index (χ1n) is 15.1. The molecule has 206 valence electrons. The van der Waals surface area contributed by atoms with Crippen LogP contribution >= 0.6 is 0 Å². The van der Waals surface area contributed by atoms with E-state index in [2.05, 4.69) is 46.4 Å². The maximum absolute atomic E-state index is 6.10. The lowest BCUT2D eigenvalue weighted by molar-refractivity contribution is 0.0301. The van der Waals surface area contributed by atoms with E-state index >= 15 is 0 Å². The zero-order valence-electron chi connectivity index (χ0n) is 24.3. The Balaban J connectivity index is 4.38. The first kappa shape index (κ1) is 33.8. The molecule has 0 aromatic rings. The largest absolute Gasteiger partial charge is 0.380 e. The molecule has 0 heterocycles. The molecular weight excluding hydrogens is 422 g/mol. The van der Waals surface area contributed by atoms with Gasteiger partial charge in [0.05, 0.1) is 19.8 Å². The molecule has 0 bridgehead atoms. The van der Waals surface area contributed by atoms with Crippen molar-refractivity contribution in [3.8, 4) is 0 Å². The molecule has 0 unspecified atom stereocenters. The predicted molar refractivity (Wildman–Crippen MR) is 149 cm³/mol. The minimum absolute atomic E-state index is 0.711. The highest BCUT2D eigenvalue weighted by Gasteiger charge is 2.11. The van der Waals surface area contributed by atoms with Crippen LogP contribution in [0.15, 0.2) is 0 Å². The Bertz CT molecular complexity index is 336. The summed E-state index contributed by atoms with van der Waals surface area (Å²) in [6.07, 6.45) is 15.3. The molecule has 4 nitrogen and oxygen atoms in total. The number of hydrogen-bond donors (Lipinski definition) is 0. The fourth-order valence-corrected chi connectivity index (χ4v) is 4.36. The minimum atomic E-state index is 0.711. The minimum Gasteiger partial charge on any atom is -0.380 e. The molecule has 0 aliphatic heterocycles. The normalized spacial score (nSPS) is 14.6. The summed E-state index contributed by atoms with van der Waals surface area (Å²) >= 11 is 0. The van der Waals surface area contributed by atoms with Crippen molar-refractivity contribution in [2.24, 2.45) is 17.8 Å². The van der Waals surface area contributed by atoms with Gasteiger partial charge in [-0.25, -0.2) is 0 Å². The summed E-state index contributed by atoms with van der Waals surface area (Å²) in [5, 5.41) is 0. The molecule has 0 radical (unpaired) electrons. The molecule has 0 aromatic heterocycles. The number of nitrogens with zero attached hydrogens (tertiary/aromatic N) is 1. The fourth-order valence-electron chi connectivity index (χ4n) is 4.36. The lowest BCUT2D eigenvalue weighted by Gasteiger charge is -2.24. The zero-order chi connectivity index (χ0) is 25.3. The summed E-state index contributed by atoms with van der Waals surface area (Å²) in [5.74, 6) is 2.13. The van der Waals surface area contributed by atoms with Crippen LogP contribution < -0.4 is 0 Å². The van der Waals surface area contributed by atoms with Crippen molar-refractivity contribution in [2.45, 2.75) is 119 Å². The highest BCUT2D eigenvalue weighted by atomic mass is 16.5. The van der Waals surface area contributed by atoms with Gasteiger partial charge in [0.2, 0.25) is 0 Å². The van der Waals surface area contributed by atoms with E-state index < -0.39 is 0 Å². The molecule has 0 fully saturated rings. The van der Waals surface area contributed by atoms with Crippen LogP contribution in [0.3, 0.4) is 0 Å². The SMILES string of the molecule is CCCC[C@H](CC)COCCN(CCOC[C@@H](CC)CCCC)CCOC[C@@H](CC)CCCC. The molecular formula is C30H63NO3. The van der Waals surface area contributed by atoms with Gasteiger partial charge in [0.15, 0.2) is 0 Å². The monoisotopic (exact) mass is 485 g/mol. The van der Waals surface area contributed by atoms with Crippen molar-refractivity contribution in [2.75, 3.05) is 59.3 Å². The molecule has 0 aliphatic rings. The van der Waals surface area contributed by atoms with Crippen LogP contribution in [0.1, 0.15) is 119 Å². The third kappa shape index (κ3) is 20.1. The summed E-state index contributed by atoms with van der Waals surface area (Å²) in [6.45, 7) is 21.7. The number of unbranched alkanes of at least 4 members (excludes halogenated alkanes) is 3. The van der Waals surface area contributed by atoms with E-state index in [1.807, 2.05) is 0 Å². The molecule has 4 heteroatoms. The molecule has 34 heavy (non-hydrogen) atoms. The third-order valence-electron chi connectivity index (χ3n) is 7.35. The Morgan fingerprint density at radius 2 is 0.765 bits per heavy atom. The highest BCUT2D eigenvalue weighted by Crippen LogP contribution is 2.14. The molecule has 0 rings (SSSR count). The van der Waals surface area contributed by atoms with Crippen molar-refractivity contribution in [1.29, 1.82) is 0 Å². The quantitative estimate of drug-likeness (QED) is 0.110. The van der Waals surface area contributed by atoms with Gasteiger partial charge in [-0.15, -0.1) is 0 Å². The summed E-state index contributed by atoms with van der Waals surface area (Å²) < 4.78 is 18.3. The van der Waals surface area contributed by atoms with Crippen LogP contribution in [-0.2, 0) is 14.2 Å². The molecule has 0 saturated carbocycles. The first-order chi connectivity index (χ1) is 16.6. The van der Waals surface area contributed by atoms with Gasteiger partial charge in [-0.1, -0.05) is 99.3 Å². The zero-order valence-corrected chi connectivity index (χ0v) is 24.3. The lowest BCUT2D eigenvalue weighted by atomic mass is 10.0. The summed E-state index contributed by atoms with van der Waals surface area (Å²) in [5.41, 5.74) is 0. The second kappa shape index (κ2) is 25.9. The summed E-state index contributed by atoms with van der Waals surface area (Å²) in [6, 6.07) is 0. The standard InChI is InChI=1S/C30H63NO3/c1-7-13-16-28(10-4)25-32-22-19-31(20-23-33-26-29(11-5)17-14-8-2)21-24-34-27-30(12-6)18-15-9-3/h28-30H,7-27H2,1-6H3/t28-,29-,30-/m0/s1. The Hall–Kier alpha value is -0.160. The van der Waals surface area contributed by atoms with Gasteiger partial charge in [-0.2, -0.15) is 0 Å². The van der Waals surface area contributed by atoms with Crippen molar-refractivity contribution in [1.82, 2.24) is 4.90 Å². The van der Waals surface area contributed by atoms with E-state index in [4.69, 9.17) is 14.2 Å². The molecule has 0 spiro atoms. The number of ether oxygens (including phenoxy) is 3. The fraction of sp³-hybridized carbons (Fsp3) is 1.00. The summed E-state index contributed by atoms with van der Waals surface area (Å²) in [7, 11) is 0. The van der Waals surface area contributed by atoms with Crippen LogP contribution in [0.5, 0.6) is 0 Å². The topological polar surface area (TPSA) is 30.9 Å². The number of rotatable bonds is 27. The highest BCUT2D eigenvalue weighted by molar-refractivity contribution is 4.62. The van der Waals surface area contributed by atoms with Gasteiger partial charge in [0.1, 0.15) is 0 Å². The van der Waals surface area contributed by atoms with E-state index in [9.17, 15) is 0 Å². The Kier molecular flexibility index (Phi) is 25.8. The molecule has 0 aliphatic carbocycles. The van der Waals surface area contributed by atoms with Crippen molar-refractivity contribution in [3.63, 3.8) is 0 Å². The Morgan fingerprint density at radius 3 is 1.00 bits per heavy atom. The smallest absolute Gasteiger partial charge is 0.0593 e. The van der Waals surface area contributed by atoms with E-state index in [0.29, 0.717) is 17.8 Å². The third-order valence-corrected chi connectivity index (χ3v) is 7.35. The van der Waals surface area contributed by atoms with E-state index in [1.54, 1.807) is 0 Å². The van der Waals surface area contributed by atoms with Crippen molar-refractivity contribution in [3.05, 3.63) is 0 Å². The molecule has 3 atom stereocenters. The molecule has 0 N–H and O–H groups in total. The van der Waals surface area contributed by atoms with E-state index in [-0.39, 0.29) is 0 Å². The second-order valence-corrected chi connectivity index (χ2v) is 10.3. The van der Waals surface area contributed by atoms with E-state index in [0.717, 1.165) is 59.3 Å². The van der Waals surface area contributed by atoms with Gasteiger partial charge in [-0.3, -0.25) is 4.90 Å². The van der Waals surface area contributed by atoms with Crippen LogP contribution in [0.2, 0.25) is 0 Å². The average molecular weight is 486 g/mol. The molecule has 0 saturated heterocycles. The Labute approximate surface area is 214 Å². The van der Waals surface area contributed by atoms with Gasteiger partial charge in [-0.05, 0) is 37.0 Å². The van der Waals surface area contributed by atoms with Gasteiger partial charge >= 0.3 is 0 Å². The predicted octanol–water partition coefficient (Wildman–Crippen LogP) is 7.99. The number of hydrogen-bond acceptors (Lipinski definition) is 4. The van der Waals surface area contributed by atoms with Crippen LogP contribution in [0, 0.1) is 17.8 Å². The van der Waals surface area contributed by atoms with Gasteiger partial charge < -0.3 is 14.2 Å². The summed E-state index contributed by atoms with van der Waals surface area (Å²) in [4.78, 5) is 2.48. The maximum Gasteiger partial charge on any atom is 0.0593 e. The molecule has 0 amide bonds. The lowest BCUT2D eigenvalue weighted by Crippen LogP contribution is -2.35.